The SMILES string of the molecule is COc1cccc(CNC[C@@H](OC(=O)C(CCS(=O)(=O)CCC(C)C)Oc2cccc(OC)c2)[C@@H](N)Cc2ccccc2)c1. The maximum Gasteiger partial charge on any atom is 0.347 e. The number of nitrogens with two attached hydrogens (primary N) is 1. The molecule has 10 heteroatoms. The number of sulfone groups is 1. The summed E-state index contributed by atoms with van der Waals surface area (Å²) >= 11 is 0. The van der Waals surface area contributed by atoms with Gasteiger partial charge in [0.15, 0.2) is 6.10 Å². The molecule has 3 atom stereocenters. The van der Waals surface area contributed by atoms with Crippen LogP contribution >= 0.6 is 0 Å². The van der Waals surface area contributed by atoms with E-state index in [2.05, 4.69) is 5.32 Å². The smallest absolute Gasteiger partial charge is 0.347 e. The summed E-state index contributed by atoms with van der Waals surface area (Å²) in [5.74, 6) is 1.06. The molecule has 0 amide bonds. The Morgan fingerprint density at radius 2 is 1.43 bits per heavy atom. The molecular formula is C34H46N2O7S. The van der Waals surface area contributed by atoms with Crippen LogP contribution in [0.5, 0.6) is 17.2 Å². The zero-order valence-corrected chi connectivity index (χ0v) is 26.9. The Balaban J connectivity index is 1.78. The van der Waals surface area contributed by atoms with E-state index in [1.807, 2.05) is 68.4 Å². The fourth-order valence-electron chi connectivity index (χ4n) is 4.53. The summed E-state index contributed by atoms with van der Waals surface area (Å²) in [6.07, 6.45) is -0.925. The van der Waals surface area contributed by atoms with Crippen molar-refractivity contribution >= 4 is 15.8 Å². The molecule has 0 saturated carbocycles. The third-order valence-electron chi connectivity index (χ3n) is 7.15. The van der Waals surface area contributed by atoms with Gasteiger partial charge in [0.05, 0.1) is 25.7 Å². The molecule has 0 saturated heterocycles. The molecule has 0 radical (unpaired) electrons. The molecule has 0 aliphatic heterocycles. The van der Waals surface area contributed by atoms with Crippen molar-refractivity contribution in [2.24, 2.45) is 11.7 Å². The second-order valence-corrected chi connectivity index (χ2v) is 13.5. The minimum absolute atomic E-state index is 0.0460. The van der Waals surface area contributed by atoms with E-state index in [4.69, 9.17) is 24.7 Å². The maximum absolute atomic E-state index is 13.7. The third kappa shape index (κ3) is 12.2. The Morgan fingerprint density at radius 1 is 0.818 bits per heavy atom. The van der Waals surface area contributed by atoms with Crippen LogP contribution in [0, 0.1) is 5.92 Å². The lowest BCUT2D eigenvalue weighted by Gasteiger charge is -2.27. The second kappa shape index (κ2) is 17.6. The first-order valence-corrected chi connectivity index (χ1v) is 16.8. The number of ether oxygens (including phenoxy) is 4. The predicted octanol–water partition coefficient (Wildman–Crippen LogP) is 4.57. The Labute approximate surface area is 262 Å². The van der Waals surface area contributed by atoms with E-state index in [0.29, 0.717) is 30.9 Å². The van der Waals surface area contributed by atoms with Crippen LogP contribution in [-0.2, 0) is 32.3 Å². The van der Waals surface area contributed by atoms with E-state index in [1.165, 1.54) is 7.11 Å². The molecule has 0 heterocycles. The van der Waals surface area contributed by atoms with Gasteiger partial charge in [0.1, 0.15) is 33.2 Å². The van der Waals surface area contributed by atoms with E-state index in [0.717, 1.165) is 16.9 Å². The molecule has 0 spiro atoms. The van der Waals surface area contributed by atoms with Crippen molar-refractivity contribution in [2.45, 2.75) is 57.9 Å². The van der Waals surface area contributed by atoms with Crippen LogP contribution in [0.1, 0.15) is 37.8 Å². The number of esters is 1. The molecule has 1 unspecified atom stereocenters. The monoisotopic (exact) mass is 626 g/mol. The number of hydrogen-bond donors (Lipinski definition) is 2. The number of carbonyl (C=O) groups is 1. The molecule has 0 aliphatic carbocycles. The Bertz CT molecular complexity index is 1400. The van der Waals surface area contributed by atoms with Gasteiger partial charge in [-0.15, -0.1) is 0 Å². The fourth-order valence-corrected chi connectivity index (χ4v) is 6.14. The molecule has 240 valence electrons. The zero-order chi connectivity index (χ0) is 32.0. The number of methoxy groups -OCH3 is 2. The zero-order valence-electron chi connectivity index (χ0n) is 26.1. The highest BCUT2D eigenvalue weighted by Gasteiger charge is 2.30. The van der Waals surface area contributed by atoms with Crippen LogP contribution in [-0.4, -0.2) is 64.9 Å². The van der Waals surface area contributed by atoms with Gasteiger partial charge in [-0.3, -0.25) is 0 Å². The molecule has 0 fully saturated rings. The summed E-state index contributed by atoms with van der Waals surface area (Å²) in [5.41, 5.74) is 8.64. The van der Waals surface area contributed by atoms with E-state index < -0.39 is 34.1 Å². The van der Waals surface area contributed by atoms with E-state index in [-0.39, 0.29) is 30.4 Å². The van der Waals surface area contributed by atoms with E-state index in [9.17, 15) is 13.2 Å². The van der Waals surface area contributed by atoms with Crippen LogP contribution in [0.4, 0.5) is 0 Å². The van der Waals surface area contributed by atoms with Crippen molar-refractivity contribution in [3.05, 3.63) is 90.0 Å². The summed E-state index contributed by atoms with van der Waals surface area (Å²) in [5, 5.41) is 3.35. The van der Waals surface area contributed by atoms with Gasteiger partial charge in [-0.05, 0) is 54.2 Å². The molecule has 3 rings (SSSR count). The van der Waals surface area contributed by atoms with Crippen LogP contribution in [0.3, 0.4) is 0 Å². The molecule has 44 heavy (non-hydrogen) atoms. The minimum Gasteiger partial charge on any atom is -0.497 e. The summed E-state index contributed by atoms with van der Waals surface area (Å²) in [6.45, 7) is 4.72. The highest BCUT2D eigenvalue weighted by Crippen LogP contribution is 2.22. The lowest BCUT2D eigenvalue weighted by molar-refractivity contribution is -0.158. The van der Waals surface area contributed by atoms with E-state index >= 15 is 0 Å². The third-order valence-corrected chi connectivity index (χ3v) is 8.86. The van der Waals surface area contributed by atoms with Crippen molar-refractivity contribution in [2.75, 3.05) is 32.3 Å². The normalized spacial score (nSPS) is 13.6. The first kappa shape index (κ1) is 34.9. The van der Waals surface area contributed by atoms with Gasteiger partial charge in [0.25, 0.3) is 0 Å². The number of carbonyl (C=O) groups excluding carboxylic acids is 1. The molecule has 0 aromatic heterocycles. The van der Waals surface area contributed by atoms with Crippen molar-refractivity contribution < 1.29 is 32.2 Å². The van der Waals surface area contributed by atoms with E-state index in [1.54, 1.807) is 31.4 Å². The number of hydrogen-bond acceptors (Lipinski definition) is 9. The highest BCUT2D eigenvalue weighted by atomic mass is 32.2. The lowest BCUT2D eigenvalue weighted by atomic mass is 10.0. The van der Waals surface area contributed by atoms with Gasteiger partial charge >= 0.3 is 5.97 Å². The molecule has 0 bridgehead atoms. The summed E-state index contributed by atoms with van der Waals surface area (Å²) in [4.78, 5) is 13.7. The second-order valence-electron chi connectivity index (χ2n) is 11.2. The first-order chi connectivity index (χ1) is 21.1. The molecule has 0 aliphatic rings. The van der Waals surface area contributed by atoms with Crippen molar-refractivity contribution in [1.29, 1.82) is 0 Å². The van der Waals surface area contributed by atoms with Crippen molar-refractivity contribution in [3.63, 3.8) is 0 Å². The molecule has 3 aromatic rings. The topological polar surface area (TPSA) is 126 Å². The molecule has 9 nitrogen and oxygen atoms in total. The van der Waals surface area contributed by atoms with Crippen molar-refractivity contribution in [3.8, 4) is 17.2 Å². The quantitative estimate of drug-likeness (QED) is 0.184. The predicted molar refractivity (Wildman–Crippen MR) is 173 cm³/mol. The maximum atomic E-state index is 13.7. The van der Waals surface area contributed by atoms with Gasteiger partial charge < -0.3 is 30.0 Å². The van der Waals surface area contributed by atoms with Crippen LogP contribution < -0.4 is 25.3 Å². The van der Waals surface area contributed by atoms with Crippen LogP contribution in [0.25, 0.3) is 0 Å². The molecular weight excluding hydrogens is 580 g/mol. The summed E-state index contributed by atoms with van der Waals surface area (Å²) < 4.78 is 48.3. The summed E-state index contributed by atoms with van der Waals surface area (Å²) in [7, 11) is -0.260. The van der Waals surface area contributed by atoms with Crippen LogP contribution in [0.2, 0.25) is 0 Å². The number of nitrogens with one attached hydrogen (secondary N) is 1. The van der Waals surface area contributed by atoms with Crippen molar-refractivity contribution in [1.82, 2.24) is 5.32 Å². The average molecular weight is 627 g/mol. The van der Waals surface area contributed by atoms with Gasteiger partial charge in [0.2, 0.25) is 0 Å². The lowest BCUT2D eigenvalue weighted by Crippen LogP contribution is -2.48. The molecule has 3 N–H and O–H groups in total. The van der Waals surface area contributed by atoms with Gasteiger partial charge in [-0.1, -0.05) is 62.4 Å². The minimum atomic E-state index is -3.41. The Morgan fingerprint density at radius 3 is 2.11 bits per heavy atom. The van der Waals surface area contributed by atoms with Gasteiger partial charge in [-0.25, -0.2) is 13.2 Å². The number of rotatable bonds is 19. The Hall–Kier alpha value is -3.60. The van der Waals surface area contributed by atoms with Crippen LogP contribution in [0.15, 0.2) is 78.9 Å². The first-order valence-electron chi connectivity index (χ1n) is 14.9. The average Bonchev–Trinajstić information content (AvgIpc) is 3.02. The standard InChI is InChI=1S/C34H46N2O7S/c1-25(2)16-18-44(38,39)19-17-32(42-30-15-9-14-29(22-30)41-4)34(37)43-33(31(35)21-26-10-6-5-7-11-26)24-36-23-27-12-8-13-28(20-27)40-3/h5-15,20,22,25,31-33,36H,16-19,21,23-24,35H2,1-4H3/t31-,32?,33+/m0/s1. The number of benzene rings is 3. The summed E-state index contributed by atoms with van der Waals surface area (Å²) in [6, 6.07) is 23.7. The highest BCUT2D eigenvalue weighted by molar-refractivity contribution is 7.91. The van der Waals surface area contributed by atoms with Gasteiger partial charge in [0, 0.05) is 31.6 Å². The largest absolute Gasteiger partial charge is 0.497 e. The van der Waals surface area contributed by atoms with Gasteiger partial charge in [-0.2, -0.15) is 0 Å². The molecule has 3 aromatic carbocycles. The fraction of sp³-hybridized carbons (Fsp3) is 0.441. The Kier molecular flexibility index (Phi) is 14.0.